The highest BCUT2D eigenvalue weighted by Gasteiger charge is 2.37. The number of nitrogens with zero attached hydrogens (tertiary/aromatic N) is 1. The number of amides is 2. The predicted octanol–water partition coefficient (Wildman–Crippen LogP) is 5.13. The summed E-state index contributed by atoms with van der Waals surface area (Å²) in [5, 5.41) is 5.03. The molecule has 1 saturated heterocycles. The van der Waals surface area contributed by atoms with Crippen LogP contribution in [0.1, 0.15) is 24.9 Å². The van der Waals surface area contributed by atoms with Gasteiger partial charge in [0.2, 0.25) is 11.8 Å². The Bertz CT molecular complexity index is 1250. The van der Waals surface area contributed by atoms with E-state index in [1.807, 2.05) is 79.7 Å². The molecule has 0 saturated carbocycles. The predicted molar refractivity (Wildman–Crippen MR) is 117 cm³/mol. The topological polar surface area (TPSA) is 62.6 Å². The molecule has 0 spiro atoms. The Morgan fingerprint density at radius 2 is 1.73 bits per heavy atom. The van der Waals surface area contributed by atoms with E-state index in [2.05, 4.69) is 5.32 Å². The number of carbonyl (C=O) groups is 2. The first-order valence-corrected chi connectivity index (χ1v) is 10.2. The van der Waals surface area contributed by atoms with Crippen LogP contribution in [0.2, 0.25) is 0 Å². The highest BCUT2D eigenvalue weighted by Crippen LogP contribution is 2.32. The molecule has 0 aliphatic carbocycles. The second-order valence-corrected chi connectivity index (χ2v) is 7.83. The SMILES string of the molecule is C[C@@H](c1ccccc1)N1C[C@@H](C(=O)Nc2ccc3c(c2)oc2ccccc23)CC1=O. The van der Waals surface area contributed by atoms with Crippen LogP contribution in [-0.4, -0.2) is 23.3 Å². The van der Waals surface area contributed by atoms with Crippen LogP contribution < -0.4 is 5.32 Å². The molecule has 2 heterocycles. The first kappa shape index (κ1) is 18.4. The average molecular weight is 398 g/mol. The van der Waals surface area contributed by atoms with Gasteiger partial charge in [-0.1, -0.05) is 48.5 Å². The van der Waals surface area contributed by atoms with Gasteiger partial charge in [0, 0.05) is 35.5 Å². The monoisotopic (exact) mass is 398 g/mol. The largest absolute Gasteiger partial charge is 0.456 e. The number of hydrogen-bond donors (Lipinski definition) is 1. The zero-order chi connectivity index (χ0) is 20.7. The van der Waals surface area contributed by atoms with Gasteiger partial charge < -0.3 is 14.6 Å². The van der Waals surface area contributed by atoms with E-state index in [4.69, 9.17) is 4.42 Å². The lowest BCUT2D eigenvalue weighted by atomic mass is 10.1. The first-order chi connectivity index (χ1) is 14.6. The van der Waals surface area contributed by atoms with E-state index >= 15 is 0 Å². The lowest BCUT2D eigenvalue weighted by Gasteiger charge is -2.25. The van der Waals surface area contributed by atoms with Crippen molar-refractivity contribution < 1.29 is 14.0 Å². The minimum Gasteiger partial charge on any atom is -0.456 e. The number of fused-ring (bicyclic) bond motifs is 3. The Kier molecular flexibility index (Phi) is 4.51. The van der Waals surface area contributed by atoms with Gasteiger partial charge in [0.15, 0.2) is 0 Å². The lowest BCUT2D eigenvalue weighted by molar-refractivity contribution is -0.129. The van der Waals surface area contributed by atoms with E-state index in [-0.39, 0.29) is 30.2 Å². The molecule has 1 aliphatic rings. The Balaban J connectivity index is 1.32. The molecular weight excluding hydrogens is 376 g/mol. The number of nitrogens with one attached hydrogen (secondary N) is 1. The molecule has 1 N–H and O–H groups in total. The van der Waals surface area contributed by atoms with E-state index < -0.39 is 0 Å². The Hall–Kier alpha value is -3.60. The fourth-order valence-electron chi connectivity index (χ4n) is 4.24. The van der Waals surface area contributed by atoms with Crippen molar-refractivity contribution >= 4 is 39.4 Å². The molecule has 1 fully saturated rings. The van der Waals surface area contributed by atoms with Crippen LogP contribution in [0.4, 0.5) is 5.69 Å². The molecule has 0 unspecified atom stereocenters. The molecule has 1 aliphatic heterocycles. The van der Waals surface area contributed by atoms with E-state index in [0.717, 1.165) is 27.5 Å². The standard InChI is InChI=1S/C25H22N2O3/c1-16(17-7-3-2-4-8-17)27-15-18(13-24(27)28)25(29)26-19-11-12-21-20-9-5-6-10-22(20)30-23(21)14-19/h2-12,14,16,18H,13,15H2,1H3,(H,26,29)/t16-,18-/m0/s1. The summed E-state index contributed by atoms with van der Waals surface area (Å²) in [7, 11) is 0. The summed E-state index contributed by atoms with van der Waals surface area (Å²) >= 11 is 0. The minimum absolute atomic E-state index is 0.0132. The smallest absolute Gasteiger partial charge is 0.229 e. The highest BCUT2D eigenvalue weighted by atomic mass is 16.3. The molecular formula is C25H22N2O3. The first-order valence-electron chi connectivity index (χ1n) is 10.2. The van der Waals surface area contributed by atoms with Crippen LogP contribution in [0.15, 0.2) is 77.2 Å². The number of benzene rings is 3. The lowest BCUT2D eigenvalue weighted by Crippen LogP contribution is -2.30. The van der Waals surface area contributed by atoms with Gasteiger partial charge in [0.05, 0.1) is 12.0 Å². The van der Waals surface area contributed by atoms with Crippen LogP contribution in [0.25, 0.3) is 21.9 Å². The molecule has 5 heteroatoms. The van der Waals surface area contributed by atoms with Crippen LogP contribution in [-0.2, 0) is 9.59 Å². The van der Waals surface area contributed by atoms with Crippen LogP contribution in [0.3, 0.4) is 0 Å². The number of hydrogen-bond acceptors (Lipinski definition) is 3. The van der Waals surface area contributed by atoms with Crippen molar-refractivity contribution in [3.63, 3.8) is 0 Å². The third-order valence-electron chi connectivity index (χ3n) is 5.93. The fourth-order valence-corrected chi connectivity index (χ4v) is 4.24. The van der Waals surface area contributed by atoms with Crippen molar-refractivity contribution in [3.05, 3.63) is 78.4 Å². The van der Waals surface area contributed by atoms with Crippen molar-refractivity contribution in [2.75, 3.05) is 11.9 Å². The molecule has 5 nitrogen and oxygen atoms in total. The van der Waals surface area contributed by atoms with Gasteiger partial charge >= 0.3 is 0 Å². The molecule has 3 aromatic carbocycles. The highest BCUT2D eigenvalue weighted by molar-refractivity contribution is 6.06. The maximum absolute atomic E-state index is 12.9. The minimum atomic E-state index is -0.366. The number of anilines is 1. The number of para-hydroxylation sites is 1. The maximum atomic E-state index is 12.9. The van der Waals surface area contributed by atoms with E-state index in [0.29, 0.717) is 12.2 Å². The molecule has 30 heavy (non-hydrogen) atoms. The van der Waals surface area contributed by atoms with E-state index in [1.54, 1.807) is 4.90 Å². The molecule has 4 aromatic rings. The van der Waals surface area contributed by atoms with Crippen molar-refractivity contribution in [1.82, 2.24) is 4.90 Å². The summed E-state index contributed by atoms with van der Waals surface area (Å²) in [6, 6.07) is 23.4. The van der Waals surface area contributed by atoms with Gasteiger partial charge in [-0.05, 0) is 30.7 Å². The van der Waals surface area contributed by atoms with Gasteiger partial charge in [-0.2, -0.15) is 0 Å². The second kappa shape index (κ2) is 7.34. The Morgan fingerprint density at radius 3 is 2.57 bits per heavy atom. The molecule has 2 amide bonds. The Morgan fingerprint density at radius 1 is 1.00 bits per heavy atom. The second-order valence-electron chi connectivity index (χ2n) is 7.83. The molecule has 1 aromatic heterocycles. The third kappa shape index (κ3) is 3.22. The Labute approximate surface area is 174 Å². The zero-order valence-electron chi connectivity index (χ0n) is 16.7. The summed E-state index contributed by atoms with van der Waals surface area (Å²) in [5.74, 6) is -0.490. The van der Waals surface area contributed by atoms with Crippen molar-refractivity contribution in [3.8, 4) is 0 Å². The van der Waals surface area contributed by atoms with Crippen molar-refractivity contribution in [2.45, 2.75) is 19.4 Å². The summed E-state index contributed by atoms with van der Waals surface area (Å²) < 4.78 is 5.90. The summed E-state index contributed by atoms with van der Waals surface area (Å²) in [6.45, 7) is 2.43. The average Bonchev–Trinajstić information content (AvgIpc) is 3.34. The van der Waals surface area contributed by atoms with Gasteiger partial charge in [-0.25, -0.2) is 0 Å². The van der Waals surface area contributed by atoms with Crippen LogP contribution in [0, 0.1) is 5.92 Å². The van der Waals surface area contributed by atoms with Crippen molar-refractivity contribution in [2.24, 2.45) is 5.92 Å². The zero-order valence-corrected chi connectivity index (χ0v) is 16.7. The summed E-state index contributed by atoms with van der Waals surface area (Å²) in [5.41, 5.74) is 3.30. The quantitative estimate of drug-likeness (QED) is 0.518. The molecule has 5 rings (SSSR count). The molecule has 150 valence electrons. The summed E-state index contributed by atoms with van der Waals surface area (Å²) in [4.78, 5) is 27.2. The fraction of sp³-hybridized carbons (Fsp3) is 0.200. The molecule has 0 radical (unpaired) electrons. The molecule has 2 atom stereocenters. The van der Waals surface area contributed by atoms with Crippen LogP contribution in [0.5, 0.6) is 0 Å². The normalized spacial score (nSPS) is 17.6. The summed E-state index contributed by atoms with van der Waals surface area (Å²) in [6.07, 6.45) is 0.232. The number of likely N-dealkylation sites (tertiary alicyclic amines) is 1. The number of furan rings is 1. The van der Waals surface area contributed by atoms with Gasteiger partial charge in [0.1, 0.15) is 11.2 Å². The number of carbonyl (C=O) groups excluding carboxylic acids is 2. The van der Waals surface area contributed by atoms with Crippen molar-refractivity contribution in [1.29, 1.82) is 0 Å². The third-order valence-corrected chi connectivity index (χ3v) is 5.93. The number of rotatable bonds is 4. The van der Waals surface area contributed by atoms with E-state index in [9.17, 15) is 9.59 Å². The molecule has 0 bridgehead atoms. The van der Waals surface area contributed by atoms with E-state index in [1.165, 1.54) is 0 Å². The van der Waals surface area contributed by atoms with Gasteiger partial charge in [-0.15, -0.1) is 0 Å². The maximum Gasteiger partial charge on any atom is 0.229 e. The van der Waals surface area contributed by atoms with Gasteiger partial charge in [-0.3, -0.25) is 9.59 Å². The van der Waals surface area contributed by atoms with Crippen LogP contribution >= 0.6 is 0 Å². The van der Waals surface area contributed by atoms with Gasteiger partial charge in [0.25, 0.3) is 0 Å².